The molecule has 1 aliphatic rings. The number of aryl methyl sites for hydroxylation is 1. The summed E-state index contributed by atoms with van der Waals surface area (Å²) in [4.78, 5) is 29.7. The van der Waals surface area contributed by atoms with Crippen molar-refractivity contribution < 1.29 is 9.59 Å². The molecule has 0 bridgehead atoms. The third-order valence-electron chi connectivity index (χ3n) is 4.74. The van der Waals surface area contributed by atoms with Gasteiger partial charge >= 0.3 is 0 Å². The first-order chi connectivity index (χ1) is 13.0. The van der Waals surface area contributed by atoms with Crippen molar-refractivity contribution in [2.24, 2.45) is 5.92 Å². The zero-order chi connectivity index (χ0) is 19.4. The summed E-state index contributed by atoms with van der Waals surface area (Å²) in [6, 6.07) is 8.04. The molecule has 2 amide bonds. The lowest BCUT2D eigenvalue weighted by atomic mass is 10.1. The molecular weight excluding hydrogens is 340 g/mol. The predicted octanol–water partition coefficient (Wildman–Crippen LogP) is 2.84. The minimum atomic E-state index is -0.234. The smallest absolute Gasteiger partial charge is 0.287 e. The average Bonchev–Trinajstić information content (AvgIpc) is 3.04. The maximum atomic E-state index is 12.8. The van der Waals surface area contributed by atoms with Crippen LogP contribution in [0.15, 0.2) is 24.3 Å². The van der Waals surface area contributed by atoms with E-state index in [9.17, 15) is 9.59 Å². The molecule has 0 radical (unpaired) electrons. The van der Waals surface area contributed by atoms with E-state index in [0.717, 1.165) is 42.6 Å². The van der Waals surface area contributed by atoms with Crippen LogP contribution in [0.25, 0.3) is 0 Å². The van der Waals surface area contributed by atoms with Gasteiger partial charge in [-0.1, -0.05) is 43.7 Å². The van der Waals surface area contributed by atoms with Crippen LogP contribution in [0.2, 0.25) is 0 Å². The molecule has 0 unspecified atom stereocenters. The van der Waals surface area contributed by atoms with Gasteiger partial charge in [-0.15, -0.1) is 0 Å². The third kappa shape index (κ3) is 4.56. The molecule has 1 aromatic heterocycles. The van der Waals surface area contributed by atoms with Crippen LogP contribution in [-0.4, -0.2) is 27.9 Å². The second-order valence-corrected chi connectivity index (χ2v) is 7.62. The molecule has 2 aromatic rings. The number of nitrogens with one attached hydrogen (secondary N) is 2. The molecule has 2 heterocycles. The number of benzene rings is 1. The fourth-order valence-corrected chi connectivity index (χ4v) is 3.36. The number of fused-ring (bicyclic) bond motifs is 1. The number of aromatic nitrogens is 2. The molecule has 0 aliphatic carbocycles. The van der Waals surface area contributed by atoms with Crippen molar-refractivity contribution in [2.75, 3.05) is 6.54 Å². The van der Waals surface area contributed by atoms with Crippen LogP contribution >= 0.6 is 0 Å². The van der Waals surface area contributed by atoms with Gasteiger partial charge in [0, 0.05) is 19.6 Å². The molecule has 0 saturated carbocycles. The molecule has 27 heavy (non-hydrogen) atoms. The van der Waals surface area contributed by atoms with E-state index in [1.54, 1.807) is 0 Å². The van der Waals surface area contributed by atoms with E-state index in [2.05, 4.69) is 15.6 Å². The van der Waals surface area contributed by atoms with Crippen LogP contribution in [0.5, 0.6) is 0 Å². The van der Waals surface area contributed by atoms with Gasteiger partial charge in [0.05, 0.1) is 5.69 Å². The Morgan fingerprint density at radius 2 is 2.00 bits per heavy atom. The minimum Gasteiger partial charge on any atom is -0.350 e. The van der Waals surface area contributed by atoms with E-state index in [0.29, 0.717) is 30.5 Å². The van der Waals surface area contributed by atoms with Gasteiger partial charge in [0.1, 0.15) is 5.69 Å². The highest BCUT2D eigenvalue weighted by Crippen LogP contribution is 2.21. The summed E-state index contributed by atoms with van der Waals surface area (Å²) in [5.74, 6) is 0.284. The molecule has 0 atom stereocenters. The Balaban J connectivity index is 1.78. The van der Waals surface area contributed by atoms with Gasteiger partial charge in [-0.05, 0) is 37.7 Å². The van der Waals surface area contributed by atoms with E-state index in [4.69, 9.17) is 0 Å². The number of amides is 2. The Labute approximate surface area is 160 Å². The number of carbonyl (C=O) groups is 2. The van der Waals surface area contributed by atoms with Crippen LogP contribution in [-0.2, 0) is 19.5 Å². The third-order valence-corrected chi connectivity index (χ3v) is 4.74. The van der Waals surface area contributed by atoms with Gasteiger partial charge in [-0.3, -0.25) is 9.59 Å². The van der Waals surface area contributed by atoms with Crippen molar-refractivity contribution in [2.45, 2.75) is 53.1 Å². The van der Waals surface area contributed by atoms with Crippen molar-refractivity contribution in [3.8, 4) is 0 Å². The lowest BCUT2D eigenvalue weighted by Gasteiger charge is -2.17. The second kappa shape index (κ2) is 8.37. The van der Waals surface area contributed by atoms with Gasteiger partial charge in [-0.25, -0.2) is 4.98 Å². The van der Waals surface area contributed by atoms with Gasteiger partial charge in [0.2, 0.25) is 0 Å². The number of hydrogen-bond acceptors (Lipinski definition) is 3. The van der Waals surface area contributed by atoms with Gasteiger partial charge < -0.3 is 15.2 Å². The zero-order valence-electron chi connectivity index (χ0n) is 16.3. The SMILES string of the molecule is Cc1cccc(CNC(=O)c2nc(C(=O)NCC(C)C)c3n2CCCC3)c1. The standard InChI is InChI=1S/C21H28N4O2/c1-14(2)12-22-20(26)18-17-9-4-5-10-25(17)19(24-18)21(27)23-13-16-8-6-7-15(3)11-16/h6-8,11,14H,4-5,9-10,12-13H2,1-3H3,(H,22,26)(H,23,27). The lowest BCUT2D eigenvalue weighted by Crippen LogP contribution is -2.29. The molecule has 1 aliphatic heterocycles. The molecule has 6 heteroatoms. The highest BCUT2D eigenvalue weighted by atomic mass is 16.2. The van der Waals surface area contributed by atoms with E-state index in [1.807, 2.05) is 49.6 Å². The van der Waals surface area contributed by atoms with Crippen LogP contribution in [0.1, 0.15) is 64.6 Å². The van der Waals surface area contributed by atoms with Crippen LogP contribution in [0.3, 0.4) is 0 Å². The molecule has 3 rings (SSSR count). The second-order valence-electron chi connectivity index (χ2n) is 7.62. The maximum absolute atomic E-state index is 12.8. The molecule has 0 spiro atoms. The highest BCUT2D eigenvalue weighted by molar-refractivity contribution is 5.97. The van der Waals surface area contributed by atoms with Gasteiger partial charge in [-0.2, -0.15) is 0 Å². The summed E-state index contributed by atoms with van der Waals surface area (Å²) >= 11 is 0. The van der Waals surface area contributed by atoms with Gasteiger partial charge in [0.15, 0.2) is 5.82 Å². The summed E-state index contributed by atoms with van der Waals surface area (Å²) in [5.41, 5.74) is 3.48. The molecule has 144 valence electrons. The first-order valence-corrected chi connectivity index (χ1v) is 9.67. The topological polar surface area (TPSA) is 76.0 Å². The van der Waals surface area contributed by atoms with E-state index in [1.165, 1.54) is 0 Å². The van der Waals surface area contributed by atoms with E-state index < -0.39 is 0 Å². The molecular formula is C21H28N4O2. The first-order valence-electron chi connectivity index (χ1n) is 9.67. The Bertz CT molecular complexity index is 839. The van der Waals surface area contributed by atoms with Crippen LogP contribution in [0, 0.1) is 12.8 Å². The van der Waals surface area contributed by atoms with E-state index in [-0.39, 0.29) is 11.8 Å². The lowest BCUT2D eigenvalue weighted by molar-refractivity contribution is 0.0935. The molecule has 0 saturated heterocycles. The Morgan fingerprint density at radius 3 is 2.74 bits per heavy atom. The number of imidazole rings is 1. The predicted molar refractivity (Wildman–Crippen MR) is 105 cm³/mol. The zero-order valence-corrected chi connectivity index (χ0v) is 16.3. The normalized spacial score (nSPS) is 13.3. The number of hydrogen-bond donors (Lipinski definition) is 2. The van der Waals surface area contributed by atoms with Crippen molar-refractivity contribution in [3.63, 3.8) is 0 Å². The number of carbonyl (C=O) groups excluding carboxylic acids is 2. The maximum Gasteiger partial charge on any atom is 0.287 e. The van der Waals surface area contributed by atoms with Crippen molar-refractivity contribution in [3.05, 3.63) is 52.6 Å². The molecule has 0 fully saturated rings. The molecule has 1 aromatic carbocycles. The monoisotopic (exact) mass is 368 g/mol. The summed E-state index contributed by atoms with van der Waals surface area (Å²) in [6.07, 6.45) is 2.79. The Morgan fingerprint density at radius 1 is 1.19 bits per heavy atom. The largest absolute Gasteiger partial charge is 0.350 e. The summed E-state index contributed by atoms with van der Waals surface area (Å²) in [5, 5.41) is 5.86. The van der Waals surface area contributed by atoms with Gasteiger partial charge in [0.25, 0.3) is 11.8 Å². The average molecular weight is 368 g/mol. The Hall–Kier alpha value is -2.63. The number of rotatable bonds is 6. The number of nitrogens with zero attached hydrogens (tertiary/aromatic N) is 2. The fraction of sp³-hybridized carbons (Fsp3) is 0.476. The molecule has 6 nitrogen and oxygen atoms in total. The van der Waals surface area contributed by atoms with Crippen molar-refractivity contribution in [1.82, 2.24) is 20.2 Å². The van der Waals surface area contributed by atoms with E-state index >= 15 is 0 Å². The van der Waals surface area contributed by atoms with Crippen molar-refractivity contribution in [1.29, 1.82) is 0 Å². The first kappa shape index (κ1) is 19.1. The van der Waals surface area contributed by atoms with Crippen molar-refractivity contribution >= 4 is 11.8 Å². The molecule has 2 N–H and O–H groups in total. The summed E-state index contributed by atoms with van der Waals surface area (Å²) in [6.45, 7) is 7.89. The van der Waals surface area contributed by atoms with Crippen LogP contribution < -0.4 is 10.6 Å². The summed E-state index contributed by atoms with van der Waals surface area (Å²) < 4.78 is 1.92. The summed E-state index contributed by atoms with van der Waals surface area (Å²) in [7, 11) is 0. The quantitative estimate of drug-likeness (QED) is 0.823. The Kier molecular flexibility index (Phi) is 5.94. The minimum absolute atomic E-state index is 0.188. The highest BCUT2D eigenvalue weighted by Gasteiger charge is 2.27. The van der Waals surface area contributed by atoms with Crippen LogP contribution in [0.4, 0.5) is 0 Å². The fourth-order valence-electron chi connectivity index (χ4n) is 3.36.